The van der Waals surface area contributed by atoms with Crippen molar-refractivity contribution in [1.29, 1.82) is 0 Å². The van der Waals surface area contributed by atoms with Crippen LogP contribution in [0.3, 0.4) is 0 Å². The first-order chi connectivity index (χ1) is 11.2. The van der Waals surface area contributed by atoms with Gasteiger partial charge in [-0.3, -0.25) is 0 Å². The highest BCUT2D eigenvalue weighted by Gasteiger charge is 2.29. The second kappa shape index (κ2) is 7.10. The van der Waals surface area contributed by atoms with Crippen molar-refractivity contribution in [3.05, 3.63) is 40.7 Å². The van der Waals surface area contributed by atoms with E-state index in [2.05, 4.69) is 10.3 Å². The van der Waals surface area contributed by atoms with Gasteiger partial charge in [0.1, 0.15) is 5.01 Å². The number of benzene rings is 1. The first-order valence-corrected chi connectivity index (χ1v) is 8.76. The third kappa shape index (κ3) is 3.54. The van der Waals surface area contributed by atoms with Crippen LogP contribution in [0.4, 0.5) is 4.79 Å². The monoisotopic (exact) mass is 331 g/mol. The fourth-order valence-electron chi connectivity index (χ4n) is 2.85. The molecule has 1 fully saturated rings. The average Bonchev–Trinajstić information content (AvgIpc) is 3.24. The van der Waals surface area contributed by atoms with E-state index in [1.165, 1.54) is 0 Å². The third-order valence-electron chi connectivity index (χ3n) is 4.15. The Labute approximate surface area is 140 Å². The van der Waals surface area contributed by atoms with Gasteiger partial charge in [0.2, 0.25) is 0 Å². The number of carbonyl (C=O) groups is 1. The summed E-state index contributed by atoms with van der Waals surface area (Å²) in [5, 5.41) is 15.2. The number of aliphatic hydroxyl groups excluding tert-OH is 1. The number of hydrogen-bond acceptors (Lipinski definition) is 4. The summed E-state index contributed by atoms with van der Waals surface area (Å²) in [7, 11) is 0. The predicted molar refractivity (Wildman–Crippen MR) is 91.3 cm³/mol. The van der Waals surface area contributed by atoms with E-state index >= 15 is 0 Å². The van der Waals surface area contributed by atoms with Gasteiger partial charge in [0, 0.05) is 17.5 Å². The van der Waals surface area contributed by atoms with E-state index in [4.69, 9.17) is 0 Å². The van der Waals surface area contributed by atoms with Crippen LogP contribution in [0.1, 0.15) is 30.8 Å². The summed E-state index contributed by atoms with van der Waals surface area (Å²) in [6, 6.07) is 9.68. The molecular weight excluding hydrogens is 310 g/mol. The highest BCUT2D eigenvalue weighted by atomic mass is 32.1. The number of hydrogen-bond donors (Lipinski definition) is 2. The van der Waals surface area contributed by atoms with Crippen LogP contribution in [-0.4, -0.2) is 40.2 Å². The van der Waals surface area contributed by atoms with Gasteiger partial charge in [-0.05, 0) is 19.8 Å². The molecule has 0 spiro atoms. The van der Waals surface area contributed by atoms with E-state index in [-0.39, 0.29) is 24.7 Å². The number of likely N-dealkylation sites (tertiary alicyclic amines) is 1. The maximum Gasteiger partial charge on any atom is 0.318 e. The standard InChI is InChI=1S/C17H21N3O2S/c1-12(18-17(22)20-9-5-8-14(20)10-21)16-19-15(11-23-16)13-6-3-2-4-7-13/h2-4,6-7,11-12,14,21H,5,8-10H2,1H3,(H,18,22). The van der Waals surface area contributed by atoms with E-state index < -0.39 is 0 Å². The van der Waals surface area contributed by atoms with E-state index in [9.17, 15) is 9.90 Å². The molecule has 23 heavy (non-hydrogen) atoms. The predicted octanol–water partition coefficient (Wildman–Crippen LogP) is 3.04. The van der Waals surface area contributed by atoms with Gasteiger partial charge < -0.3 is 15.3 Å². The van der Waals surface area contributed by atoms with Gasteiger partial charge in [-0.2, -0.15) is 0 Å². The molecule has 1 saturated heterocycles. The molecular formula is C17H21N3O2S. The Kier molecular flexibility index (Phi) is 4.93. The summed E-state index contributed by atoms with van der Waals surface area (Å²) in [4.78, 5) is 18.7. The summed E-state index contributed by atoms with van der Waals surface area (Å²) < 4.78 is 0. The zero-order valence-electron chi connectivity index (χ0n) is 13.1. The van der Waals surface area contributed by atoms with Gasteiger partial charge in [-0.1, -0.05) is 30.3 Å². The summed E-state index contributed by atoms with van der Waals surface area (Å²) in [6.07, 6.45) is 1.82. The number of amides is 2. The van der Waals surface area contributed by atoms with Crippen molar-refractivity contribution in [2.24, 2.45) is 0 Å². The maximum atomic E-state index is 12.4. The Morgan fingerprint density at radius 1 is 1.48 bits per heavy atom. The summed E-state index contributed by atoms with van der Waals surface area (Å²) in [5.74, 6) is 0. The molecule has 1 aliphatic heterocycles. The molecule has 0 aliphatic carbocycles. The molecule has 2 unspecified atom stereocenters. The Balaban J connectivity index is 1.66. The van der Waals surface area contributed by atoms with Crippen LogP contribution in [0.15, 0.2) is 35.7 Å². The van der Waals surface area contributed by atoms with Crippen LogP contribution in [0.2, 0.25) is 0 Å². The lowest BCUT2D eigenvalue weighted by molar-refractivity contribution is 0.155. The van der Waals surface area contributed by atoms with E-state index in [1.54, 1.807) is 16.2 Å². The van der Waals surface area contributed by atoms with Crippen LogP contribution in [0.25, 0.3) is 11.3 Å². The first kappa shape index (κ1) is 16.0. The molecule has 2 amide bonds. The van der Waals surface area contributed by atoms with Crippen LogP contribution in [0.5, 0.6) is 0 Å². The van der Waals surface area contributed by atoms with Crippen molar-refractivity contribution in [3.63, 3.8) is 0 Å². The van der Waals surface area contributed by atoms with Crippen LogP contribution in [-0.2, 0) is 0 Å². The van der Waals surface area contributed by atoms with Crippen molar-refractivity contribution in [2.45, 2.75) is 31.8 Å². The second-order valence-corrected chi connectivity index (χ2v) is 6.67. The zero-order chi connectivity index (χ0) is 16.2. The van der Waals surface area contributed by atoms with Gasteiger partial charge >= 0.3 is 6.03 Å². The number of thiazole rings is 1. The molecule has 3 rings (SSSR count). The summed E-state index contributed by atoms with van der Waals surface area (Å²) >= 11 is 1.55. The molecule has 1 aliphatic rings. The highest BCUT2D eigenvalue weighted by molar-refractivity contribution is 7.10. The molecule has 2 N–H and O–H groups in total. The van der Waals surface area contributed by atoms with Crippen molar-refractivity contribution in [1.82, 2.24) is 15.2 Å². The van der Waals surface area contributed by atoms with Crippen molar-refractivity contribution >= 4 is 17.4 Å². The average molecular weight is 331 g/mol. The number of nitrogens with zero attached hydrogens (tertiary/aromatic N) is 2. The number of urea groups is 1. The lowest BCUT2D eigenvalue weighted by Crippen LogP contribution is -2.44. The number of aliphatic hydroxyl groups is 1. The minimum absolute atomic E-state index is 0.0250. The molecule has 0 bridgehead atoms. The Morgan fingerprint density at radius 3 is 3.00 bits per heavy atom. The van der Waals surface area contributed by atoms with E-state index in [0.717, 1.165) is 29.1 Å². The number of carbonyl (C=O) groups excluding carboxylic acids is 1. The molecule has 2 aromatic rings. The lowest BCUT2D eigenvalue weighted by Gasteiger charge is -2.25. The van der Waals surface area contributed by atoms with Crippen molar-refractivity contribution in [3.8, 4) is 11.3 Å². The maximum absolute atomic E-state index is 12.4. The summed E-state index contributed by atoms with van der Waals surface area (Å²) in [6.45, 7) is 2.67. The van der Waals surface area contributed by atoms with Crippen LogP contribution < -0.4 is 5.32 Å². The van der Waals surface area contributed by atoms with Gasteiger partial charge in [-0.25, -0.2) is 9.78 Å². The lowest BCUT2D eigenvalue weighted by atomic mass is 10.2. The fourth-order valence-corrected chi connectivity index (χ4v) is 3.69. The summed E-state index contributed by atoms with van der Waals surface area (Å²) in [5.41, 5.74) is 2.01. The number of rotatable bonds is 4. The zero-order valence-corrected chi connectivity index (χ0v) is 13.9. The molecule has 2 atom stereocenters. The smallest absolute Gasteiger partial charge is 0.318 e. The fraction of sp³-hybridized carbons (Fsp3) is 0.412. The Bertz CT molecular complexity index is 659. The molecule has 1 aromatic heterocycles. The first-order valence-electron chi connectivity index (χ1n) is 7.88. The Morgan fingerprint density at radius 2 is 2.26 bits per heavy atom. The minimum Gasteiger partial charge on any atom is -0.394 e. The molecule has 0 radical (unpaired) electrons. The highest BCUT2D eigenvalue weighted by Crippen LogP contribution is 2.26. The molecule has 5 nitrogen and oxygen atoms in total. The van der Waals surface area contributed by atoms with Gasteiger partial charge in [-0.15, -0.1) is 11.3 Å². The molecule has 1 aromatic carbocycles. The van der Waals surface area contributed by atoms with Crippen LogP contribution in [0, 0.1) is 0 Å². The van der Waals surface area contributed by atoms with Gasteiger partial charge in [0.25, 0.3) is 0 Å². The normalized spacial score (nSPS) is 18.9. The SMILES string of the molecule is CC(NC(=O)N1CCCC1CO)c1nc(-c2ccccc2)cs1. The molecule has 122 valence electrons. The van der Waals surface area contributed by atoms with Crippen molar-refractivity contribution in [2.75, 3.05) is 13.2 Å². The molecule has 0 saturated carbocycles. The number of nitrogens with one attached hydrogen (secondary N) is 1. The molecule has 2 heterocycles. The Hall–Kier alpha value is -1.92. The van der Waals surface area contributed by atoms with Gasteiger partial charge in [0.15, 0.2) is 0 Å². The topological polar surface area (TPSA) is 65.5 Å². The largest absolute Gasteiger partial charge is 0.394 e. The van der Waals surface area contributed by atoms with Crippen molar-refractivity contribution < 1.29 is 9.90 Å². The third-order valence-corrected chi connectivity index (χ3v) is 5.18. The van der Waals surface area contributed by atoms with E-state index in [0.29, 0.717) is 6.54 Å². The molecule has 6 heteroatoms. The van der Waals surface area contributed by atoms with Crippen LogP contribution >= 0.6 is 11.3 Å². The minimum atomic E-state index is -0.148. The van der Waals surface area contributed by atoms with E-state index in [1.807, 2.05) is 42.6 Å². The van der Waals surface area contributed by atoms with Gasteiger partial charge in [0.05, 0.1) is 24.4 Å². The second-order valence-electron chi connectivity index (χ2n) is 5.78. The number of aromatic nitrogens is 1. The quantitative estimate of drug-likeness (QED) is 0.905.